The third-order valence-corrected chi connectivity index (χ3v) is 3.86. The summed E-state index contributed by atoms with van der Waals surface area (Å²) >= 11 is 1.48. The fourth-order valence-electron chi connectivity index (χ4n) is 1.92. The van der Waals surface area contributed by atoms with E-state index < -0.39 is 5.91 Å². The van der Waals surface area contributed by atoms with Gasteiger partial charge in [0.05, 0.1) is 12.0 Å². The standard InChI is InChI=1S/C15H13N3O3S/c1-20-11-6-3-2-5-10(11)9-16-14(19)15-17-13(18-21-15)12-7-4-8-22-12/h2-8H,9H2,1H3,(H,16,19). The Morgan fingerprint density at radius 1 is 1.32 bits per heavy atom. The summed E-state index contributed by atoms with van der Waals surface area (Å²) < 4.78 is 10.2. The molecule has 1 amide bonds. The van der Waals surface area contributed by atoms with E-state index in [4.69, 9.17) is 9.26 Å². The molecule has 0 spiro atoms. The molecule has 0 saturated carbocycles. The Kier molecular flexibility index (Phi) is 4.15. The molecule has 0 unspecified atom stereocenters. The molecule has 2 aromatic heterocycles. The zero-order valence-electron chi connectivity index (χ0n) is 11.8. The average Bonchev–Trinajstić information content (AvgIpc) is 3.23. The van der Waals surface area contributed by atoms with Gasteiger partial charge in [-0.1, -0.05) is 29.4 Å². The molecule has 7 heteroatoms. The van der Waals surface area contributed by atoms with Gasteiger partial charge in [-0.2, -0.15) is 4.98 Å². The lowest BCUT2D eigenvalue weighted by Gasteiger charge is -2.07. The van der Waals surface area contributed by atoms with E-state index >= 15 is 0 Å². The third kappa shape index (κ3) is 2.99. The van der Waals surface area contributed by atoms with Crippen LogP contribution < -0.4 is 10.1 Å². The minimum Gasteiger partial charge on any atom is -0.496 e. The summed E-state index contributed by atoms with van der Waals surface area (Å²) in [5.41, 5.74) is 0.872. The monoisotopic (exact) mass is 315 g/mol. The molecule has 0 aliphatic carbocycles. The fraction of sp³-hybridized carbons (Fsp3) is 0.133. The van der Waals surface area contributed by atoms with Crippen molar-refractivity contribution in [1.29, 1.82) is 0 Å². The minimum absolute atomic E-state index is 0.0571. The number of benzene rings is 1. The fourth-order valence-corrected chi connectivity index (χ4v) is 2.57. The Morgan fingerprint density at radius 3 is 2.95 bits per heavy atom. The van der Waals surface area contributed by atoms with Crippen molar-refractivity contribution in [2.75, 3.05) is 7.11 Å². The quantitative estimate of drug-likeness (QED) is 0.783. The number of hydrogen-bond acceptors (Lipinski definition) is 6. The van der Waals surface area contributed by atoms with Gasteiger partial charge in [0.15, 0.2) is 0 Å². The topological polar surface area (TPSA) is 77.2 Å². The molecule has 0 saturated heterocycles. The summed E-state index contributed by atoms with van der Waals surface area (Å²) in [6.45, 7) is 0.319. The lowest BCUT2D eigenvalue weighted by Crippen LogP contribution is -2.23. The van der Waals surface area contributed by atoms with E-state index in [-0.39, 0.29) is 5.89 Å². The van der Waals surface area contributed by atoms with Crippen molar-refractivity contribution in [3.63, 3.8) is 0 Å². The molecule has 2 heterocycles. The molecule has 0 bridgehead atoms. The van der Waals surface area contributed by atoms with Gasteiger partial charge < -0.3 is 14.6 Å². The molecule has 3 rings (SSSR count). The van der Waals surface area contributed by atoms with E-state index in [0.29, 0.717) is 18.1 Å². The van der Waals surface area contributed by atoms with Crippen molar-refractivity contribution in [2.24, 2.45) is 0 Å². The molecule has 112 valence electrons. The van der Waals surface area contributed by atoms with Crippen molar-refractivity contribution in [1.82, 2.24) is 15.5 Å². The number of carbonyl (C=O) groups is 1. The van der Waals surface area contributed by atoms with Gasteiger partial charge >= 0.3 is 11.8 Å². The lowest BCUT2D eigenvalue weighted by atomic mass is 10.2. The molecule has 1 aromatic carbocycles. The zero-order chi connectivity index (χ0) is 15.4. The van der Waals surface area contributed by atoms with Crippen LogP contribution in [0.25, 0.3) is 10.7 Å². The maximum atomic E-state index is 12.1. The molecule has 0 radical (unpaired) electrons. The molecule has 22 heavy (non-hydrogen) atoms. The SMILES string of the molecule is COc1ccccc1CNC(=O)c1nc(-c2cccs2)no1. The number of ether oxygens (including phenoxy) is 1. The first-order chi connectivity index (χ1) is 10.8. The highest BCUT2D eigenvalue weighted by molar-refractivity contribution is 7.13. The van der Waals surface area contributed by atoms with Crippen LogP contribution in [0, 0.1) is 0 Å². The number of nitrogens with zero attached hydrogens (tertiary/aromatic N) is 2. The summed E-state index contributed by atoms with van der Waals surface area (Å²) in [5, 5.41) is 8.45. The van der Waals surface area contributed by atoms with Gasteiger partial charge in [-0.05, 0) is 17.5 Å². The van der Waals surface area contributed by atoms with Gasteiger partial charge in [0.25, 0.3) is 0 Å². The highest BCUT2D eigenvalue weighted by Crippen LogP contribution is 2.21. The largest absolute Gasteiger partial charge is 0.496 e. The van der Waals surface area contributed by atoms with E-state index in [2.05, 4.69) is 15.5 Å². The van der Waals surface area contributed by atoms with Crippen molar-refractivity contribution < 1.29 is 14.1 Å². The Labute approximate surface area is 130 Å². The molecular formula is C15H13N3O3S. The van der Waals surface area contributed by atoms with Gasteiger partial charge in [-0.3, -0.25) is 4.79 Å². The van der Waals surface area contributed by atoms with E-state index in [9.17, 15) is 4.79 Å². The van der Waals surface area contributed by atoms with Crippen molar-refractivity contribution in [3.8, 4) is 16.5 Å². The summed E-state index contributed by atoms with van der Waals surface area (Å²) in [6.07, 6.45) is 0. The highest BCUT2D eigenvalue weighted by Gasteiger charge is 2.16. The van der Waals surface area contributed by atoms with Crippen LogP contribution in [0.3, 0.4) is 0 Å². The van der Waals surface area contributed by atoms with Crippen molar-refractivity contribution in [3.05, 3.63) is 53.2 Å². The van der Waals surface area contributed by atoms with E-state index in [0.717, 1.165) is 10.4 Å². The number of methoxy groups -OCH3 is 1. The van der Waals surface area contributed by atoms with Crippen LogP contribution in [0.1, 0.15) is 16.2 Å². The number of thiophene rings is 1. The van der Waals surface area contributed by atoms with Gasteiger partial charge in [0.2, 0.25) is 5.82 Å². The summed E-state index contributed by atoms with van der Waals surface area (Å²) in [7, 11) is 1.59. The first kappa shape index (κ1) is 14.3. The Hall–Kier alpha value is -2.67. The van der Waals surface area contributed by atoms with Crippen LogP contribution in [0.5, 0.6) is 5.75 Å². The number of aromatic nitrogens is 2. The molecule has 0 fully saturated rings. The Morgan fingerprint density at radius 2 is 2.18 bits per heavy atom. The maximum absolute atomic E-state index is 12.1. The van der Waals surface area contributed by atoms with Gasteiger partial charge in [0.1, 0.15) is 5.75 Å². The number of amides is 1. The molecule has 0 atom stereocenters. The highest BCUT2D eigenvalue weighted by atomic mass is 32.1. The number of rotatable bonds is 5. The molecule has 0 aliphatic heterocycles. The van der Waals surface area contributed by atoms with Crippen LogP contribution in [0.4, 0.5) is 0 Å². The van der Waals surface area contributed by atoms with Gasteiger partial charge in [-0.15, -0.1) is 11.3 Å². The van der Waals surface area contributed by atoms with Crippen LogP contribution in [0.2, 0.25) is 0 Å². The molecule has 3 aromatic rings. The van der Waals surface area contributed by atoms with E-state index in [1.807, 2.05) is 41.8 Å². The van der Waals surface area contributed by atoms with E-state index in [1.54, 1.807) is 7.11 Å². The summed E-state index contributed by atoms with van der Waals surface area (Å²) in [6, 6.07) is 11.2. The van der Waals surface area contributed by atoms with Gasteiger partial charge in [-0.25, -0.2) is 0 Å². The van der Waals surface area contributed by atoms with Crippen molar-refractivity contribution >= 4 is 17.2 Å². The summed E-state index contributed by atoms with van der Waals surface area (Å²) in [5.74, 6) is 0.657. The predicted molar refractivity (Wildman–Crippen MR) is 81.8 cm³/mol. The maximum Gasteiger partial charge on any atom is 0.316 e. The number of carbonyl (C=O) groups excluding carboxylic acids is 1. The van der Waals surface area contributed by atoms with Crippen LogP contribution in [-0.2, 0) is 6.54 Å². The van der Waals surface area contributed by atoms with E-state index in [1.165, 1.54) is 11.3 Å². The van der Waals surface area contributed by atoms with Gasteiger partial charge in [0, 0.05) is 12.1 Å². The predicted octanol–water partition coefficient (Wildman–Crippen LogP) is 2.74. The minimum atomic E-state index is -0.416. The second-order valence-electron chi connectivity index (χ2n) is 4.39. The van der Waals surface area contributed by atoms with Crippen LogP contribution in [0.15, 0.2) is 46.3 Å². The number of nitrogens with one attached hydrogen (secondary N) is 1. The average molecular weight is 315 g/mol. The van der Waals surface area contributed by atoms with Crippen molar-refractivity contribution in [2.45, 2.75) is 6.54 Å². The first-order valence-corrected chi connectivity index (χ1v) is 7.43. The normalized spacial score (nSPS) is 10.4. The number of hydrogen-bond donors (Lipinski definition) is 1. The zero-order valence-corrected chi connectivity index (χ0v) is 12.6. The number of para-hydroxylation sites is 1. The molecule has 6 nitrogen and oxygen atoms in total. The lowest BCUT2D eigenvalue weighted by molar-refractivity contribution is 0.0906. The first-order valence-electron chi connectivity index (χ1n) is 6.55. The van der Waals surface area contributed by atoms with Crippen LogP contribution in [-0.4, -0.2) is 23.2 Å². The second-order valence-corrected chi connectivity index (χ2v) is 5.34. The molecular weight excluding hydrogens is 302 g/mol. The molecule has 0 aliphatic rings. The summed E-state index contributed by atoms with van der Waals surface area (Å²) in [4.78, 5) is 17.0. The Bertz CT molecular complexity index is 768. The van der Waals surface area contributed by atoms with Crippen LogP contribution >= 0.6 is 11.3 Å². The second kappa shape index (κ2) is 6.40. The smallest absolute Gasteiger partial charge is 0.316 e. The Balaban J connectivity index is 1.67. The molecule has 1 N–H and O–H groups in total. The third-order valence-electron chi connectivity index (χ3n) is 2.99.